The van der Waals surface area contributed by atoms with Crippen molar-refractivity contribution in [2.24, 2.45) is 0 Å². The fourth-order valence-electron chi connectivity index (χ4n) is 1.12. The summed E-state index contributed by atoms with van der Waals surface area (Å²) in [6.07, 6.45) is 3.47. The Morgan fingerprint density at radius 3 is 2.64 bits per heavy atom. The van der Waals surface area contributed by atoms with Crippen LogP contribution in [0.15, 0.2) is 12.7 Å². The third kappa shape index (κ3) is 7.09. The molecule has 0 aromatic rings. The lowest BCUT2D eigenvalue weighted by Crippen LogP contribution is -2.27. The van der Waals surface area contributed by atoms with Crippen LogP contribution < -0.4 is 5.32 Å². The first-order valence-electron chi connectivity index (χ1n) is 5.06. The molecule has 0 bridgehead atoms. The molecule has 3 nitrogen and oxygen atoms in total. The molecule has 1 atom stereocenters. The molecule has 0 radical (unpaired) electrons. The summed E-state index contributed by atoms with van der Waals surface area (Å²) in [6, 6.07) is 0.386. The van der Waals surface area contributed by atoms with E-state index in [0.717, 1.165) is 13.0 Å². The first-order chi connectivity index (χ1) is 6.52. The van der Waals surface area contributed by atoms with Crippen LogP contribution in [0.2, 0.25) is 0 Å². The second-order valence-electron chi connectivity index (χ2n) is 3.47. The van der Waals surface area contributed by atoms with Gasteiger partial charge in [0.15, 0.2) is 0 Å². The molecule has 1 N–H and O–H groups in total. The summed E-state index contributed by atoms with van der Waals surface area (Å²) in [6.45, 7) is 8.15. The maximum absolute atomic E-state index is 11.1. The Kier molecular flexibility index (Phi) is 6.83. The number of nitrogens with one attached hydrogen (secondary N) is 1. The van der Waals surface area contributed by atoms with E-state index in [1.165, 1.54) is 0 Å². The molecule has 0 aliphatic heterocycles. The molecule has 84 valence electrons. The highest BCUT2D eigenvalue weighted by atomic mass is 32.2. The van der Waals surface area contributed by atoms with E-state index < -0.39 is 9.84 Å². The van der Waals surface area contributed by atoms with Crippen molar-refractivity contribution in [1.82, 2.24) is 5.32 Å². The lowest BCUT2D eigenvalue weighted by Gasteiger charge is -2.10. The van der Waals surface area contributed by atoms with E-state index in [-0.39, 0.29) is 11.5 Å². The first-order valence-corrected chi connectivity index (χ1v) is 6.88. The van der Waals surface area contributed by atoms with E-state index in [2.05, 4.69) is 18.8 Å². The number of hydrogen-bond donors (Lipinski definition) is 1. The Hall–Kier alpha value is -0.350. The van der Waals surface area contributed by atoms with Gasteiger partial charge in [-0.25, -0.2) is 8.42 Å². The van der Waals surface area contributed by atoms with Gasteiger partial charge in [0, 0.05) is 11.8 Å². The molecular formula is C10H21NO2S. The summed E-state index contributed by atoms with van der Waals surface area (Å²) in [5, 5.41) is 3.24. The van der Waals surface area contributed by atoms with Gasteiger partial charge in [0.2, 0.25) is 0 Å². The monoisotopic (exact) mass is 219 g/mol. The highest BCUT2D eigenvalue weighted by molar-refractivity contribution is 7.91. The zero-order valence-corrected chi connectivity index (χ0v) is 9.94. The summed E-state index contributed by atoms with van der Waals surface area (Å²) < 4.78 is 22.3. The van der Waals surface area contributed by atoms with Crippen molar-refractivity contribution in [3.63, 3.8) is 0 Å². The Balaban J connectivity index is 3.51. The van der Waals surface area contributed by atoms with E-state index in [4.69, 9.17) is 0 Å². The predicted molar refractivity (Wildman–Crippen MR) is 61.2 cm³/mol. The van der Waals surface area contributed by atoms with Crippen LogP contribution in [0.1, 0.15) is 26.7 Å². The van der Waals surface area contributed by atoms with E-state index in [1.54, 1.807) is 6.92 Å². The fraction of sp³-hybridized carbons (Fsp3) is 0.800. The zero-order chi connectivity index (χ0) is 11.0. The lowest BCUT2D eigenvalue weighted by atomic mass is 10.2. The second-order valence-corrected chi connectivity index (χ2v) is 5.94. The second kappa shape index (κ2) is 7.01. The molecule has 0 amide bonds. The molecule has 0 fully saturated rings. The van der Waals surface area contributed by atoms with Gasteiger partial charge in [-0.15, -0.1) is 6.58 Å². The molecule has 0 rings (SSSR count). The average Bonchev–Trinajstić information content (AvgIpc) is 2.13. The lowest BCUT2D eigenvalue weighted by molar-refractivity contribution is 0.545. The summed E-state index contributed by atoms with van der Waals surface area (Å²) in [7, 11) is -2.79. The van der Waals surface area contributed by atoms with Crippen LogP contribution >= 0.6 is 0 Å². The van der Waals surface area contributed by atoms with Crippen molar-refractivity contribution in [3.05, 3.63) is 12.7 Å². The molecule has 0 spiro atoms. The molecule has 0 aliphatic rings. The maximum Gasteiger partial charge on any atom is 0.150 e. The number of sulfone groups is 1. The van der Waals surface area contributed by atoms with Gasteiger partial charge in [-0.2, -0.15) is 0 Å². The van der Waals surface area contributed by atoms with Crippen molar-refractivity contribution >= 4 is 9.84 Å². The van der Waals surface area contributed by atoms with E-state index in [0.29, 0.717) is 12.5 Å². The molecular weight excluding hydrogens is 198 g/mol. The van der Waals surface area contributed by atoms with Crippen LogP contribution in [0.25, 0.3) is 0 Å². The number of rotatable bonds is 8. The first kappa shape index (κ1) is 13.7. The summed E-state index contributed by atoms with van der Waals surface area (Å²) in [4.78, 5) is 0. The third-order valence-electron chi connectivity index (χ3n) is 2.08. The SMILES string of the molecule is C=CCC(C)NCCCS(=O)(=O)CC. The highest BCUT2D eigenvalue weighted by Crippen LogP contribution is 1.94. The highest BCUT2D eigenvalue weighted by Gasteiger charge is 2.06. The van der Waals surface area contributed by atoms with Crippen LogP contribution in [0.4, 0.5) is 0 Å². The molecule has 0 aromatic carbocycles. The molecule has 14 heavy (non-hydrogen) atoms. The Bertz CT molecular complexity index is 247. The molecule has 4 heteroatoms. The van der Waals surface area contributed by atoms with Crippen LogP contribution in [0, 0.1) is 0 Å². The van der Waals surface area contributed by atoms with Crippen molar-refractivity contribution < 1.29 is 8.42 Å². The minimum Gasteiger partial charge on any atom is -0.314 e. The van der Waals surface area contributed by atoms with Crippen LogP contribution in [-0.2, 0) is 9.84 Å². The molecule has 1 unspecified atom stereocenters. The van der Waals surface area contributed by atoms with Crippen LogP contribution in [-0.4, -0.2) is 32.5 Å². The standard InChI is InChI=1S/C10H21NO2S/c1-4-7-10(3)11-8-6-9-14(12,13)5-2/h4,10-11H,1,5-9H2,2-3H3. The van der Waals surface area contributed by atoms with Crippen LogP contribution in [0.3, 0.4) is 0 Å². The van der Waals surface area contributed by atoms with Crippen molar-refractivity contribution in [3.8, 4) is 0 Å². The Morgan fingerprint density at radius 1 is 1.50 bits per heavy atom. The van der Waals surface area contributed by atoms with Crippen LogP contribution in [0.5, 0.6) is 0 Å². The van der Waals surface area contributed by atoms with E-state index >= 15 is 0 Å². The molecule has 0 aromatic heterocycles. The van der Waals surface area contributed by atoms with Gasteiger partial charge in [-0.3, -0.25) is 0 Å². The van der Waals surface area contributed by atoms with Gasteiger partial charge in [0.25, 0.3) is 0 Å². The van der Waals surface area contributed by atoms with Crippen molar-refractivity contribution in [2.75, 3.05) is 18.1 Å². The third-order valence-corrected chi connectivity index (χ3v) is 3.88. The summed E-state index contributed by atoms with van der Waals surface area (Å²) >= 11 is 0. The maximum atomic E-state index is 11.1. The smallest absolute Gasteiger partial charge is 0.150 e. The molecule has 0 saturated carbocycles. The van der Waals surface area contributed by atoms with Gasteiger partial charge in [0.1, 0.15) is 9.84 Å². The van der Waals surface area contributed by atoms with Gasteiger partial charge < -0.3 is 5.32 Å². The molecule has 0 heterocycles. The minimum atomic E-state index is -2.79. The average molecular weight is 219 g/mol. The fourth-order valence-corrected chi connectivity index (χ4v) is 1.99. The van der Waals surface area contributed by atoms with Crippen molar-refractivity contribution in [1.29, 1.82) is 0 Å². The quantitative estimate of drug-likeness (QED) is 0.495. The van der Waals surface area contributed by atoms with E-state index in [9.17, 15) is 8.42 Å². The Morgan fingerprint density at radius 2 is 2.14 bits per heavy atom. The van der Waals surface area contributed by atoms with Gasteiger partial charge in [0.05, 0.1) is 5.75 Å². The molecule has 0 aliphatic carbocycles. The van der Waals surface area contributed by atoms with Gasteiger partial charge in [-0.05, 0) is 26.3 Å². The van der Waals surface area contributed by atoms with Crippen molar-refractivity contribution in [2.45, 2.75) is 32.7 Å². The minimum absolute atomic E-state index is 0.245. The summed E-state index contributed by atoms with van der Waals surface area (Å²) in [5.41, 5.74) is 0. The van der Waals surface area contributed by atoms with Gasteiger partial charge in [-0.1, -0.05) is 13.0 Å². The summed E-state index contributed by atoms with van der Waals surface area (Å²) in [5.74, 6) is 0.534. The van der Waals surface area contributed by atoms with E-state index in [1.807, 2.05) is 6.08 Å². The Labute approximate surface area is 87.5 Å². The topological polar surface area (TPSA) is 46.2 Å². The normalized spacial score (nSPS) is 13.9. The predicted octanol–water partition coefficient (Wildman–Crippen LogP) is 1.37. The zero-order valence-electron chi connectivity index (χ0n) is 9.12. The van der Waals surface area contributed by atoms with Gasteiger partial charge >= 0.3 is 0 Å². The largest absolute Gasteiger partial charge is 0.314 e. The molecule has 0 saturated heterocycles. The number of hydrogen-bond acceptors (Lipinski definition) is 3.